The zero-order valence-electron chi connectivity index (χ0n) is 13.0. The Hall–Kier alpha value is -1.02. The molecule has 0 spiro atoms. The molecule has 1 saturated heterocycles. The number of thioether (sulfide) groups is 1. The minimum atomic E-state index is -2.99. The first-order valence-electron chi connectivity index (χ1n) is 7.49. The fourth-order valence-electron chi connectivity index (χ4n) is 3.20. The molecule has 0 radical (unpaired) electrons. The van der Waals surface area contributed by atoms with Crippen LogP contribution in [0.1, 0.15) is 42.8 Å². The molecule has 8 heteroatoms. The van der Waals surface area contributed by atoms with E-state index in [-0.39, 0.29) is 28.7 Å². The lowest BCUT2D eigenvalue weighted by Crippen LogP contribution is -2.20. The van der Waals surface area contributed by atoms with E-state index in [0.29, 0.717) is 23.9 Å². The maximum absolute atomic E-state index is 12.0. The van der Waals surface area contributed by atoms with Crippen LogP contribution in [0.2, 0.25) is 0 Å². The standard InChI is InChI=1S/C14H21N3O3S2/c1-8(2)13-12-9(3)16-17(10-4-5-22(19,20)7-10)14(12)15-11(18)6-21-13/h8,10,13H,4-7H2,1-3H3,(H,15,18)/t10-,13-/m0/s1. The second-order valence-electron chi connectivity index (χ2n) is 6.37. The monoisotopic (exact) mass is 343 g/mol. The molecule has 3 heterocycles. The zero-order valence-corrected chi connectivity index (χ0v) is 14.6. The van der Waals surface area contributed by atoms with Gasteiger partial charge in [-0.15, -0.1) is 11.8 Å². The van der Waals surface area contributed by atoms with Crippen LogP contribution in [-0.4, -0.2) is 41.4 Å². The van der Waals surface area contributed by atoms with E-state index in [1.165, 1.54) is 0 Å². The van der Waals surface area contributed by atoms with Gasteiger partial charge in [0, 0.05) is 10.8 Å². The van der Waals surface area contributed by atoms with Crippen molar-refractivity contribution in [2.45, 2.75) is 38.5 Å². The van der Waals surface area contributed by atoms with Gasteiger partial charge in [0.2, 0.25) is 5.91 Å². The lowest BCUT2D eigenvalue weighted by Gasteiger charge is -2.19. The zero-order chi connectivity index (χ0) is 16.1. The first-order valence-corrected chi connectivity index (χ1v) is 10.4. The molecule has 2 atom stereocenters. The van der Waals surface area contributed by atoms with Crippen molar-refractivity contribution in [3.05, 3.63) is 11.3 Å². The summed E-state index contributed by atoms with van der Waals surface area (Å²) in [4.78, 5) is 12.0. The lowest BCUT2D eigenvalue weighted by atomic mass is 10.0. The first kappa shape index (κ1) is 15.9. The molecule has 2 aliphatic heterocycles. The summed E-state index contributed by atoms with van der Waals surface area (Å²) < 4.78 is 25.3. The van der Waals surface area contributed by atoms with Gasteiger partial charge in [-0.3, -0.25) is 4.79 Å². The van der Waals surface area contributed by atoms with Gasteiger partial charge in [0.15, 0.2) is 9.84 Å². The number of anilines is 1. The normalized spacial score (nSPS) is 27.5. The van der Waals surface area contributed by atoms with Crippen molar-refractivity contribution in [1.82, 2.24) is 9.78 Å². The van der Waals surface area contributed by atoms with Gasteiger partial charge in [-0.2, -0.15) is 5.10 Å². The van der Waals surface area contributed by atoms with E-state index in [0.717, 1.165) is 11.3 Å². The minimum Gasteiger partial charge on any atom is -0.310 e. The molecule has 0 aromatic carbocycles. The molecule has 22 heavy (non-hydrogen) atoms. The molecule has 1 amide bonds. The number of carbonyl (C=O) groups is 1. The number of carbonyl (C=O) groups excluding carboxylic acids is 1. The van der Waals surface area contributed by atoms with Gasteiger partial charge in [-0.05, 0) is 19.3 Å². The molecule has 122 valence electrons. The predicted molar refractivity (Wildman–Crippen MR) is 87.9 cm³/mol. The van der Waals surface area contributed by atoms with Crippen LogP contribution < -0.4 is 5.32 Å². The predicted octanol–water partition coefficient (Wildman–Crippen LogP) is 1.93. The fraction of sp³-hybridized carbons (Fsp3) is 0.714. The number of nitrogens with zero attached hydrogens (tertiary/aromatic N) is 2. The molecular weight excluding hydrogens is 322 g/mol. The number of sulfone groups is 1. The van der Waals surface area contributed by atoms with E-state index in [9.17, 15) is 13.2 Å². The van der Waals surface area contributed by atoms with Crippen molar-refractivity contribution in [1.29, 1.82) is 0 Å². The number of rotatable bonds is 2. The third-order valence-electron chi connectivity index (χ3n) is 4.23. The average Bonchev–Trinajstić information content (AvgIpc) is 2.85. The summed E-state index contributed by atoms with van der Waals surface area (Å²) in [6.07, 6.45) is 0.561. The van der Waals surface area contributed by atoms with Gasteiger partial charge in [-0.25, -0.2) is 13.1 Å². The molecule has 0 unspecified atom stereocenters. The van der Waals surface area contributed by atoms with Crippen LogP contribution in [0.3, 0.4) is 0 Å². The summed E-state index contributed by atoms with van der Waals surface area (Å²) >= 11 is 1.63. The molecule has 1 aromatic rings. The van der Waals surface area contributed by atoms with Crippen LogP contribution in [0.15, 0.2) is 0 Å². The molecule has 0 aliphatic carbocycles. The highest BCUT2D eigenvalue weighted by Crippen LogP contribution is 2.44. The molecule has 0 bridgehead atoms. The number of nitrogens with one attached hydrogen (secondary N) is 1. The van der Waals surface area contributed by atoms with Gasteiger partial charge in [0.1, 0.15) is 5.82 Å². The van der Waals surface area contributed by atoms with Crippen LogP contribution >= 0.6 is 11.8 Å². The largest absolute Gasteiger partial charge is 0.310 e. The molecule has 1 aromatic heterocycles. The van der Waals surface area contributed by atoms with E-state index in [1.807, 2.05) is 6.92 Å². The molecular formula is C14H21N3O3S2. The first-order chi connectivity index (χ1) is 10.3. The van der Waals surface area contributed by atoms with E-state index in [1.54, 1.807) is 16.4 Å². The summed E-state index contributed by atoms with van der Waals surface area (Å²) in [6, 6.07) is -0.177. The van der Waals surface area contributed by atoms with Crippen LogP contribution in [0.4, 0.5) is 5.82 Å². The van der Waals surface area contributed by atoms with Crippen LogP contribution in [0.5, 0.6) is 0 Å². The molecule has 2 aliphatic rings. The van der Waals surface area contributed by atoms with Crippen LogP contribution in [-0.2, 0) is 14.6 Å². The van der Waals surface area contributed by atoms with Crippen molar-refractivity contribution in [2.24, 2.45) is 5.92 Å². The summed E-state index contributed by atoms with van der Waals surface area (Å²) in [5.74, 6) is 1.75. The summed E-state index contributed by atoms with van der Waals surface area (Å²) in [5, 5.41) is 7.71. The molecule has 1 N–H and O–H groups in total. The van der Waals surface area contributed by atoms with Gasteiger partial charge in [-0.1, -0.05) is 13.8 Å². The Labute approximate surface area is 135 Å². The second kappa shape index (κ2) is 5.56. The minimum absolute atomic E-state index is 0.0450. The second-order valence-corrected chi connectivity index (χ2v) is 9.73. The topological polar surface area (TPSA) is 81.1 Å². The van der Waals surface area contributed by atoms with Gasteiger partial charge >= 0.3 is 0 Å². The summed E-state index contributed by atoms with van der Waals surface area (Å²) in [6.45, 7) is 6.20. The SMILES string of the molecule is Cc1nn([C@H]2CCS(=O)(=O)C2)c2c1[C@H](C(C)C)SCC(=O)N2. The Morgan fingerprint density at radius 1 is 1.41 bits per heavy atom. The van der Waals surface area contributed by atoms with Crippen molar-refractivity contribution in [3.63, 3.8) is 0 Å². The third kappa shape index (κ3) is 2.78. The number of hydrogen-bond donors (Lipinski definition) is 1. The number of fused-ring (bicyclic) bond motifs is 1. The Kier molecular flexibility index (Phi) is 4.01. The molecule has 3 rings (SSSR count). The van der Waals surface area contributed by atoms with Gasteiger partial charge in [0.05, 0.1) is 29.0 Å². The fourth-order valence-corrected chi connectivity index (χ4v) is 6.13. The third-order valence-corrected chi connectivity index (χ3v) is 7.55. The number of hydrogen-bond acceptors (Lipinski definition) is 5. The van der Waals surface area contributed by atoms with Crippen molar-refractivity contribution < 1.29 is 13.2 Å². The van der Waals surface area contributed by atoms with E-state index >= 15 is 0 Å². The Morgan fingerprint density at radius 3 is 2.73 bits per heavy atom. The molecule has 0 saturated carbocycles. The smallest absolute Gasteiger partial charge is 0.235 e. The molecule has 1 fully saturated rings. The van der Waals surface area contributed by atoms with Crippen molar-refractivity contribution >= 4 is 33.3 Å². The van der Waals surface area contributed by atoms with Crippen LogP contribution in [0, 0.1) is 12.8 Å². The Balaban J connectivity index is 2.07. The van der Waals surface area contributed by atoms with Gasteiger partial charge in [0.25, 0.3) is 0 Å². The summed E-state index contributed by atoms with van der Waals surface area (Å²) in [5.41, 5.74) is 1.93. The molecule has 6 nitrogen and oxygen atoms in total. The van der Waals surface area contributed by atoms with E-state index < -0.39 is 9.84 Å². The Bertz CT molecular complexity index is 709. The average molecular weight is 343 g/mol. The highest BCUT2D eigenvalue weighted by atomic mass is 32.2. The number of aryl methyl sites for hydroxylation is 1. The summed E-state index contributed by atoms with van der Waals surface area (Å²) in [7, 11) is -2.99. The quantitative estimate of drug-likeness (QED) is 0.887. The van der Waals surface area contributed by atoms with E-state index in [2.05, 4.69) is 24.3 Å². The highest BCUT2D eigenvalue weighted by Gasteiger charge is 2.36. The maximum Gasteiger partial charge on any atom is 0.235 e. The van der Waals surface area contributed by atoms with Crippen molar-refractivity contribution in [3.8, 4) is 0 Å². The highest BCUT2D eigenvalue weighted by molar-refractivity contribution is 8.00. The lowest BCUT2D eigenvalue weighted by molar-refractivity contribution is -0.113. The maximum atomic E-state index is 12.0. The Morgan fingerprint density at radius 2 is 2.14 bits per heavy atom. The number of amides is 1. The van der Waals surface area contributed by atoms with Crippen molar-refractivity contribution in [2.75, 3.05) is 22.6 Å². The number of aromatic nitrogens is 2. The van der Waals surface area contributed by atoms with Crippen LogP contribution in [0.25, 0.3) is 0 Å². The van der Waals surface area contributed by atoms with E-state index in [4.69, 9.17) is 0 Å². The van der Waals surface area contributed by atoms with Gasteiger partial charge < -0.3 is 5.32 Å².